The fourth-order valence-corrected chi connectivity index (χ4v) is 1.60. The van der Waals surface area contributed by atoms with Crippen LogP contribution in [-0.2, 0) is 11.2 Å². The number of hydrogen-bond donors (Lipinski definition) is 2. The lowest BCUT2D eigenvalue weighted by molar-refractivity contribution is -0.137. The van der Waals surface area contributed by atoms with E-state index in [-0.39, 0.29) is 6.42 Å². The van der Waals surface area contributed by atoms with Crippen LogP contribution < -0.4 is 5.73 Å². The first-order valence-electron chi connectivity index (χ1n) is 4.46. The average molecular weight is 248 g/mol. The molecule has 0 atom stereocenters. The number of carboxylic acids is 1. The lowest BCUT2D eigenvalue weighted by atomic mass is 10.1. The van der Waals surface area contributed by atoms with Crippen molar-refractivity contribution in [3.8, 4) is 0 Å². The molecule has 5 heteroatoms. The monoisotopic (exact) mass is 247 g/mol. The SMILES string of the molecule is Nc1c(CCCC(=O)O)ccc(Cl)c1Cl. The van der Waals surface area contributed by atoms with E-state index in [2.05, 4.69) is 0 Å². The van der Waals surface area contributed by atoms with E-state index in [0.717, 1.165) is 5.56 Å². The predicted octanol–water partition coefficient (Wildman–Crippen LogP) is 2.98. The van der Waals surface area contributed by atoms with Crippen LogP contribution in [0.25, 0.3) is 0 Å². The zero-order valence-corrected chi connectivity index (χ0v) is 9.48. The van der Waals surface area contributed by atoms with Crippen LogP contribution in [0.4, 0.5) is 5.69 Å². The maximum atomic E-state index is 10.3. The van der Waals surface area contributed by atoms with E-state index in [0.29, 0.717) is 28.6 Å². The number of nitrogen functional groups attached to an aromatic ring is 1. The summed E-state index contributed by atoms with van der Waals surface area (Å²) in [4.78, 5) is 10.3. The Labute approximate surface area is 97.8 Å². The number of anilines is 1. The Hall–Kier alpha value is -0.930. The minimum atomic E-state index is -0.811. The molecule has 0 amide bonds. The fraction of sp³-hybridized carbons (Fsp3) is 0.300. The molecule has 1 aromatic carbocycles. The lowest BCUT2D eigenvalue weighted by Crippen LogP contribution is -1.99. The Morgan fingerprint density at radius 3 is 2.67 bits per heavy atom. The van der Waals surface area contributed by atoms with Crippen molar-refractivity contribution < 1.29 is 9.90 Å². The van der Waals surface area contributed by atoms with Gasteiger partial charge in [-0.25, -0.2) is 0 Å². The zero-order valence-electron chi connectivity index (χ0n) is 7.96. The molecule has 0 aromatic heterocycles. The number of aliphatic carboxylic acids is 1. The summed E-state index contributed by atoms with van der Waals surface area (Å²) in [6, 6.07) is 3.43. The van der Waals surface area contributed by atoms with Gasteiger partial charge in [-0.1, -0.05) is 29.3 Å². The van der Waals surface area contributed by atoms with Gasteiger partial charge in [0.1, 0.15) is 0 Å². The van der Waals surface area contributed by atoms with Crippen LogP contribution in [0.3, 0.4) is 0 Å². The van der Waals surface area contributed by atoms with Crippen molar-refractivity contribution >= 4 is 34.9 Å². The molecule has 1 aromatic rings. The molecule has 82 valence electrons. The topological polar surface area (TPSA) is 63.3 Å². The van der Waals surface area contributed by atoms with Crippen LogP contribution in [0.15, 0.2) is 12.1 Å². The molecular weight excluding hydrogens is 237 g/mol. The second-order valence-electron chi connectivity index (χ2n) is 3.18. The molecule has 15 heavy (non-hydrogen) atoms. The highest BCUT2D eigenvalue weighted by Gasteiger charge is 2.07. The summed E-state index contributed by atoms with van der Waals surface area (Å²) in [5.74, 6) is -0.811. The molecule has 0 aliphatic carbocycles. The van der Waals surface area contributed by atoms with Gasteiger partial charge in [0, 0.05) is 6.42 Å². The van der Waals surface area contributed by atoms with Gasteiger partial charge < -0.3 is 10.8 Å². The predicted molar refractivity (Wildman–Crippen MR) is 61.4 cm³/mol. The number of nitrogens with two attached hydrogens (primary N) is 1. The quantitative estimate of drug-likeness (QED) is 0.805. The number of carbonyl (C=O) groups is 1. The van der Waals surface area contributed by atoms with Crippen molar-refractivity contribution in [2.45, 2.75) is 19.3 Å². The first-order valence-corrected chi connectivity index (χ1v) is 5.22. The van der Waals surface area contributed by atoms with Gasteiger partial charge >= 0.3 is 5.97 Å². The summed E-state index contributed by atoms with van der Waals surface area (Å²) in [5, 5.41) is 9.23. The third kappa shape index (κ3) is 3.29. The van der Waals surface area contributed by atoms with Crippen LogP contribution in [0.2, 0.25) is 10.0 Å². The third-order valence-corrected chi connectivity index (χ3v) is 2.88. The molecule has 0 radical (unpaired) electrons. The molecule has 0 fully saturated rings. The molecule has 0 aliphatic heterocycles. The Kier molecular flexibility index (Phi) is 4.24. The molecular formula is C10H11Cl2NO2. The molecule has 3 nitrogen and oxygen atoms in total. The number of carboxylic acid groups (broad SMARTS) is 1. The molecule has 3 N–H and O–H groups in total. The lowest BCUT2D eigenvalue weighted by Gasteiger charge is -2.07. The van der Waals surface area contributed by atoms with Gasteiger partial charge in [0.25, 0.3) is 0 Å². The van der Waals surface area contributed by atoms with Crippen LogP contribution in [0, 0.1) is 0 Å². The Morgan fingerprint density at radius 2 is 2.07 bits per heavy atom. The second kappa shape index (κ2) is 5.24. The van der Waals surface area contributed by atoms with E-state index in [1.54, 1.807) is 12.1 Å². The van der Waals surface area contributed by atoms with Crippen LogP contribution in [0.5, 0.6) is 0 Å². The van der Waals surface area contributed by atoms with Gasteiger partial charge in [0.05, 0.1) is 15.7 Å². The average Bonchev–Trinajstić information content (AvgIpc) is 2.18. The summed E-state index contributed by atoms with van der Waals surface area (Å²) < 4.78 is 0. The standard InChI is InChI=1S/C10H11Cl2NO2/c11-7-5-4-6(10(13)9(7)12)2-1-3-8(14)15/h4-5H,1-3,13H2,(H,14,15). The molecule has 0 aliphatic rings. The zero-order chi connectivity index (χ0) is 11.4. The number of benzene rings is 1. The Morgan fingerprint density at radius 1 is 1.40 bits per heavy atom. The minimum absolute atomic E-state index is 0.125. The number of halogens is 2. The first-order chi connectivity index (χ1) is 7.02. The van der Waals surface area contributed by atoms with E-state index in [1.165, 1.54) is 0 Å². The number of aryl methyl sites for hydroxylation is 1. The van der Waals surface area contributed by atoms with Crippen molar-refractivity contribution in [2.75, 3.05) is 5.73 Å². The molecule has 0 saturated heterocycles. The molecule has 1 rings (SSSR count). The Balaban J connectivity index is 2.70. The third-order valence-electron chi connectivity index (χ3n) is 2.06. The summed E-state index contributed by atoms with van der Waals surface area (Å²) in [7, 11) is 0. The highest BCUT2D eigenvalue weighted by molar-refractivity contribution is 6.43. The first kappa shape index (κ1) is 12.1. The maximum Gasteiger partial charge on any atom is 0.303 e. The van der Waals surface area contributed by atoms with Gasteiger partial charge in [-0.2, -0.15) is 0 Å². The van der Waals surface area contributed by atoms with E-state index >= 15 is 0 Å². The maximum absolute atomic E-state index is 10.3. The normalized spacial score (nSPS) is 10.3. The molecule has 0 saturated carbocycles. The molecule has 0 spiro atoms. The smallest absolute Gasteiger partial charge is 0.303 e. The van der Waals surface area contributed by atoms with Crippen molar-refractivity contribution in [1.82, 2.24) is 0 Å². The van der Waals surface area contributed by atoms with E-state index in [4.69, 9.17) is 34.0 Å². The second-order valence-corrected chi connectivity index (χ2v) is 3.97. The number of rotatable bonds is 4. The van der Waals surface area contributed by atoms with Gasteiger partial charge in [0.2, 0.25) is 0 Å². The summed E-state index contributed by atoms with van der Waals surface area (Å²) >= 11 is 11.6. The van der Waals surface area contributed by atoms with E-state index in [9.17, 15) is 4.79 Å². The van der Waals surface area contributed by atoms with Gasteiger partial charge in [-0.05, 0) is 24.5 Å². The van der Waals surface area contributed by atoms with Crippen LogP contribution in [0.1, 0.15) is 18.4 Å². The van der Waals surface area contributed by atoms with Crippen LogP contribution >= 0.6 is 23.2 Å². The highest BCUT2D eigenvalue weighted by atomic mass is 35.5. The Bertz CT molecular complexity index is 380. The van der Waals surface area contributed by atoms with Crippen molar-refractivity contribution in [1.29, 1.82) is 0 Å². The number of hydrogen-bond acceptors (Lipinski definition) is 2. The minimum Gasteiger partial charge on any atom is -0.481 e. The molecule has 0 bridgehead atoms. The van der Waals surface area contributed by atoms with Crippen molar-refractivity contribution in [2.24, 2.45) is 0 Å². The van der Waals surface area contributed by atoms with Gasteiger partial charge in [0.15, 0.2) is 0 Å². The highest BCUT2D eigenvalue weighted by Crippen LogP contribution is 2.31. The molecule has 0 heterocycles. The van der Waals surface area contributed by atoms with Gasteiger partial charge in [-0.3, -0.25) is 4.79 Å². The fourth-order valence-electron chi connectivity index (χ4n) is 1.25. The van der Waals surface area contributed by atoms with E-state index < -0.39 is 5.97 Å². The molecule has 0 unspecified atom stereocenters. The summed E-state index contributed by atoms with van der Waals surface area (Å²) in [5.41, 5.74) is 7.01. The van der Waals surface area contributed by atoms with Crippen LogP contribution in [-0.4, -0.2) is 11.1 Å². The van der Waals surface area contributed by atoms with Gasteiger partial charge in [-0.15, -0.1) is 0 Å². The largest absolute Gasteiger partial charge is 0.481 e. The summed E-state index contributed by atoms with van der Waals surface area (Å²) in [6.45, 7) is 0. The van der Waals surface area contributed by atoms with Crippen molar-refractivity contribution in [3.05, 3.63) is 27.7 Å². The van der Waals surface area contributed by atoms with Crippen molar-refractivity contribution in [3.63, 3.8) is 0 Å². The van der Waals surface area contributed by atoms with E-state index in [1.807, 2.05) is 0 Å². The summed E-state index contributed by atoms with van der Waals surface area (Å²) in [6.07, 6.45) is 1.26.